The molecule has 6 heteroatoms. The molecule has 1 heterocycles. The molecule has 0 aliphatic heterocycles. The van der Waals surface area contributed by atoms with Crippen LogP contribution in [0.2, 0.25) is 0 Å². The van der Waals surface area contributed by atoms with E-state index in [2.05, 4.69) is 26.1 Å². The van der Waals surface area contributed by atoms with E-state index in [9.17, 15) is 5.11 Å². The van der Waals surface area contributed by atoms with Crippen LogP contribution in [-0.4, -0.2) is 28.5 Å². The first kappa shape index (κ1) is 14.0. The highest BCUT2D eigenvalue weighted by Crippen LogP contribution is 2.29. The molecule has 0 radical (unpaired) electrons. The lowest BCUT2D eigenvalue weighted by molar-refractivity contribution is 0.158. The molecule has 1 aromatic carbocycles. The fourth-order valence-corrected chi connectivity index (χ4v) is 2.15. The minimum atomic E-state index is -0.448. The summed E-state index contributed by atoms with van der Waals surface area (Å²) in [6.07, 6.45) is 0.586. The van der Waals surface area contributed by atoms with Gasteiger partial charge < -0.3 is 14.4 Å². The van der Waals surface area contributed by atoms with Crippen molar-refractivity contribution >= 4 is 15.9 Å². The van der Waals surface area contributed by atoms with Crippen molar-refractivity contribution in [1.82, 2.24) is 10.1 Å². The van der Waals surface area contributed by atoms with Gasteiger partial charge in [-0.15, -0.1) is 0 Å². The van der Waals surface area contributed by atoms with Gasteiger partial charge in [0.2, 0.25) is 11.7 Å². The maximum atomic E-state index is 9.55. The Morgan fingerprint density at radius 1 is 1.47 bits per heavy atom. The Balaban J connectivity index is 2.20. The zero-order chi connectivity index (χ0) is 13.8. The second-order valence-corrected chi connectivity index (χ2v) is 4.98. The van der Waals surface area contributed by atoms with Gasteiger partial charge in [0, 0.05) is 5.56 Å². The number of methoxy groups -OCH3 is 1. The fourth-order valence-electron chi connectivity index (χ4n) is 1.61. The average molecular weight is 327 g/mol. The van der Waals surface area contributed by atoms with Crippen LogP contribution in [0.15, 0.2) is 27.2 Å². The van der Waals surface area contributed by atoms with Crippen LogP contribution in [0.1, 0.15) is 19.2 Å². The van der Waals surface area contributed by atoms with Crippen LogP contribution in [-0.2, 0) is 6.42 Å². The summed E-state index contributed by atoms with van der Waals surface area (Å²) in [6.45, 7) is 1.91. The number of hydrogen-bond donors (Lipinski definition) is 1. The monoisotopic (exact) mass is 326 g/mol. The van der Waals surface area contributed by atoms with Crippen LogP contribution in [0.25, 0.3) is 11.4 Å². The smallest absolute Gasteiger partial charge is 0.229 e. The molecule has 0 amide bonds. The van der Waals surface area contributed by atoms with Crippen molar-refractivity contribution in [1.29, 1.82) is 0 Å². The Morgan fingerprint density at radius 3 is 2.89 bits per heavy atom. The van der Waals surface area contributed by atoms with E-state index in [0.29, 0.717) is 24.6 Å². The first-order valence-electron chi connectivity index (χ1n) is 5.98. The Morgan fingerprint density at radius 2 is 2.26 bits per heavy atom. The molecule has 0 saturated heterocycles. The highest BCUT2D eigenvalue weighted by molar-refractivity contribution is 9.10. The van der Waals surface area contributed by atoms with Gasteiger partial charge in [0.15, 0.2) is 0 Å². The minimum Gasteiger partial charge on any atom is -0.496 e. The van der Waals surface area contributed by atoms with E-state index in [0.717, 1.165) is 15.8 Å². The fraction of sp³-hybridized carbons (Fsp3) is 0.385. The van der Waals surface area contributed by atoms with E-state index in [4.69, 9.17) is 9.26 Å². The van der Waals surface area contributed by atoms with Crippen molar-refractivity contribution in [3.05, 3.63) is 28.6 Å². The number of ether oxygens (including phenoxy) is 1. The molecule has 0 bridgehead atoms. The third kappa shape index (κ3) is 3.33. The molecule has 0 aliphatic rings. The Bertz CT molecular complexity index is 557. The van der Waals surface area contributed by atoms with E-state index in [1.54, 1.807) is 7.11 Å². The summed E-state index contributed by atoms with van der Waals surface area (Å²) >= 11 is 3.41. The number of aliphatic hydroxyl groups excluding tert-OH is 1. The number of benzene rings is 1. The van der Waals surface area contributed by atoms with Crippen molar-refractivity contribution in [2.45, 2.75) is 25.9 Å². The van der Waals surface area contributed by atoms with Crippen LogP contribution in [0.5, 0.6) is 5.75 Å². The van der Waals surface area contributed by atoms with E-state index in [-0.39, 0.29) is 0 Å². The van der Waals surface area contributed by atoms with Crippen molar-refractivity contribution in [3.8, 4) is 17.1 Å². The first-order chi connectivity index (χ1) is 9.13. The summed E-state index contributed by atoms with van der Waals surface area (Å²) in [6, 6.07) is 5.55. The standard InChI is InChI=1S/C13H15BrN2O3/c1-3-9(17)7-12-15-13(16-19-12)8-4-5-11(18-2)10(14)6-8/h4-6,9,17H,3,7H2,1-2H3. The van der Waals surface area contributed by atoms with Gasteiger partial charge in [-0.05, 0) is 40.5 Å². The number of hydrogen-bond acceptors (Lipinski definition) is 5. The predicted octanol–water partition coefficient (Wildman–Crippen LogP) is 2.82. The largest absolute Gasteiger partial charge is 0.496 e. The zero-order valence-corrected chi connectivity index (χ0v) is 12.3. The summed E-state index contributed by atoms with van der Waals surface area (Å²) in [4.78, 5) is 4.27. The molecule has 0 spiro atoms. The van der Waals surface area contributed by atoms with E-state index >= 15 is 0 Å². The van der Waals surface area contributed by atoms with Crippen LogP contribution in [0.4, 0.5) is 0 Å². The van der Waals surface area contributed by atoms with Crippen LogP contribution >= 0.6 is 15.9 Å². The van der Waals surface area contributed by atoms with Crippen LogP contribution in [0.3, 0.4) is 0 Å². The topological polar surface area (TPSA) is 68.4 Å². The molecular weight excluding hydrogens is 312 g/mol. The van der Waals surface area contributed by atoms with Crippen molar-refractivity contribution < 1.29 is 14.4 Å². The molecule has 102 valence electrons. The van der Waals surface area contributed by atoms with Crippen molar-refractivity contribution in [3.63, 3.8) is 0 Å². The summed E-state index contributed by atoms with van der Waals surface area (Å²) in [5.41, 5.74) is 0.827. The molecule has 0 saturated carbocycles. The van der Waals surface area contributed by atoms with Gasteiger partial charge in [-0.2, -0.15) is 4.98 Å². The molecule has 2 aromatic rings. The lowest BCUT2D eigenvalue weighted by atomic mass is 10.2. The quantitative estimate of drug-likeness (QED) is 0.914. The highest BCUT2D eigenvalue weighted by Gasteiger charge is 2.13. The van der Waals surface area contributed by atoms with E-state index in [1.807, 2.05) is 25.1 Å². The second kappa shape index (κ2) is 6.16. The molecule has 0 fully saturated rings. The maximum absolute atomic E-state index is 9.55. The molecule has 0 aliphatic carbocycles. The Labute approximate surface area is 119 Å². The van der Waals surface area contributed by atoms with Gasteiger partial charge in [-0.3, -0.25) is 0 Å². The molecule has 19 heavy (non-hydrogen) atoms. The minimum absolute atomic E-state index is 0.376. The van der Waals surface area contributed by atoms with Gasteiger partial charge in [0.25, 0.3) is 0 Å². The predicted molar refractivity (Wildman–Crippen MR) is 74.0 cm³/mol. The normalized spacial score (nSPS) is 12.4. The van der Waals surface area contributed by atoms with Gasteiger partial charge in [0.05, 0.1) is 24.1 Å². The Hall–Kier alpha value is -1.40. The molecular formula is C13H15BrN2O3. The SMILES string of the molecule is CCC(O)Cc1nc(-c2ccc(OC)c(Br)c2)no1. The third-order valence-corrected chi connectivity index (χ3v) is 3.38. The molecule has 5 nitrogen and oxygen atoms in total. The van der Waals surface area contributed by atoms with Gasteiger partial charge in [-0.25, -0.2) is 0 Å². The summed E-state index contributed by atoms with van der Waals surface area (Å²) in [5, 5.41) is 13.5. The molecule has 2 rings (SSSR count). The number of aromatic nitrogens is 2. The van der Waals surface area contributed by atoms with E-state index in [1.165, 1.54) is 0 Å². The van der Waals surface area contributed by atoms with Crippen LogP contribution in [0, 0.1) is 0 Å². The van der Waals surface area contributed by atoms with Crippen LogP contribution < -0.4 is 4.74 Å². The lowest BCUT2D eigenvalue weighted by Gasteiger charge is -2.03. The first-order valence-corrected chi connectivity index (χ1v) is 6.78. The highest BCUT2D eigenvalue weighted by atomic mass is 79.9. The number of nitrogens with zero attached hydrogens (tertiary/aromatic N) is 2. The van der Waals surface area contributed by atoms with Crippen molar-refractivity contribution in [2.24, 2.45) is 0 Å². The molecule has 1 unspecified atom stereocenters. The lowest BCUT2D eigenvalue weighted by Crippen LogP contribution is -2.08. The van der Waals surface area contributed by atoms with Crippen molar-refractivity contribution in [2.75, 3.05) is 7.11 Å². The molecule has 1 N–H and O–H groups in total. The summed E-state index contributed by atoms with van der Waals surface area (Å²) in [5.74, 6) is 1.69. The van der Waals surface area contributed by atoms with E-state index < -0.39 is 6.10 Å². The summed E-state index contributed by atoms with van der Waals surface area (Å²) < 4.78 is 11.1. The zero-order valence-electron chi connectivity index (χ0n) is 10.8. The number of aliphatic hydroxyl groups is 1. The molecule has 1 atom stereocenters. The van der Waals surface area contributed by atoms with Gasteiger partial charge in [-0.1, -0.05) is 12.1 Å². The summed E-state index contributed by atoms with van der Waals surface area (Å²) in [7, 11) is 1.61. The second-order valence-electron chi connectivity index (χ2n) is 4.13. The molecule has 1 aromatic heterocycles. The Kier molecular flexibility index (Phi) is 4.55. The van der Waals surface area contributed by atoms with Gasteiger partial charge in [0.1, 0.15) is 5.75 Å². The number of rotatable bonds is 5. The third-order valence-electron chi connectivity index (χ3n) is 2.76. The number of halogens is 1. The van der Waals surface area contributed by atoms with Gasteiger partial charge >= 0.3 is 0 Å². The average Bonchev–Trinajstić information content (AvgIpc) is 2.87. The maximum Gasteiger partial charge on any atom is 0.229 e.